The predicted molar refractivity (Wildman–Crippen MR) is 91.8 cm³/mol. The first kappa shape index (κ1) is 16.3. The standard InChI is InChI=1S/C19H22N2O3/c1-19(2,3)24-18(22)21-10-11-23-17-15(13-21)6-4-8-16(17)14-7-5-9-20-12-14/h4-9,12H,10-11,13H2,1-3H3. The number of carbonyl (C=O) groups is 1. The zero-order valence-electron chi connectivity index (χ0n) is 14.3. The highest BCUT2D eigenvalue weighted by molar-refractivity contribution is 5.73. The summed E-state index contributed by atoms with van der Waals surface area (Å²) in [5.74, 6) is 0.816. The smallest absolute Gasteiger partial charge is 0.410 e. The Bertz CT molecular complexity index is 723. The number of pyridine rings is 1. The van der Waals surface area contributed by atoms with Gasteiger partial charge in [0.1, 0.15) is 18.0 Å². The lowest BCUT2D eigenvalue weighted by Gasteiger charge is -2.26. The molecule has 0 saturated heterocycles. The molecule has 1 aromatic carbocycles. The van der Waals surface area contributed by atoms with Gasteiger partial charge in [0, 0.05) is 29.1 Å². The van der Waals surface area contributed by atoms with Crippen molar-refractivity contribution in [3.8, 4) is 16.9 Å². The molecule has 0 radical (unpaired) electrons. The molecule has 2 heterocycles. The average Bonchev–Trinajstić information content (AvgIpc) is 2.76. The molecule has 1 aliphatic rings. The highest BCUT2D eigenvalue weighted by atomic mass is 16.6. The minimum Gasteiger partial charge on any atom is -0.491 e. The van der Waals surface area contributed by atoms with Crippen LogP contribution in [0.2, 0.25) is 0 Å². The molecule has 1 amide bonds. The summed E-state index contributed by atoms with van der Waals surface area (Å²) in [6, 6.07) is 9.88. The van der Waals surface area contributed by atoms with E-state index in [0.717, 1.165) is 22.4 Å². The van der Waals surface area contributed by atoms with Crippen molar-refractivity contribution in [3.63, 3.8) is 0 Å². The first-order valence-electron chi connectivity index (χ1n) is 8.07. The van der Waals surface area contributed by atoms with Crippen LogP contribution < -0.4 is 4.74 Å². The van der Waals surface area contributed by atoms with Gasteiger partial charge in [-0.2, -0.15) is 0 Å². The van der Waals surface area contributed by atoms with Gasteiger partial charge < -0.3 is 14.4 Å². The molecule has 0 spiro atoms. The molecule has 1 aromatic heterocycles. The number of hydrogen-bond donors (Lipinski definition) is 0. The Morgan fingerprint density at radius 2 is 2.08 bits per heavy atom. The molecule has 126 valence electrons. The molecule has 5 nitrogen and oxygen atoms in total. The predicted octanol–water partition coefficient (Wildman–Crippen LogP) is 3.88. The molecule has 0 unspecified atom stereocenters. The normalized spacial score (nSPS) is 14.4. The van der Waals surface area contributed by atoms with Crippen LogP contribution in [-0.2, 0) is 11.3 Å². The first-order chi connectivity index (χ1) is 11.4. The van der Waals surface area contributed by atoms with Gasteiger partial charge in [-0.25, -0.2) is 4.79 Å². The van der Waals surface area contributed by atoms with Crippen molar-refractivity contribution in [2.75, 3.05) is 13.2 Å². The molecule has 0 aliphatic carbocycles. The van der Waals surface area contributed by atoms with Crippen molar-refractivity contribution in [2.24, 2.45) is 0 Å². The number of hydrogen-bond acceptors (Lipinski definition) is 4. The number of fused-ring (bicyclic) bond motifs is 1. The van der Waals surface area contributed by atoms with Gasteiger partial charge in [-0.15, -0.1) is 0 Å². The lowest BCUT2D eigenvalue weighted by atomic mass is 10.0. The van der Waals surface area contributed by atoms with E-state index in [2.05, 4.69) is 4.98 Å². The quantitative estimate of drug-likeness (QED) is 0.798. The molecule has 2 aromatic rings. The third-order valence-corrected chi connectivity index (χ3v) is 3.69. The van der Waals surface area contributed by atoms with Crippen LogP contribution >= 0.6 is 0 Å². The maximum absolute atomic E-state index is 12.4. The zero-order chi connectivity index (χ0) is 17.2. The number of para-hydroxylation sites is 1. The van der Waals surface area contributed by atoms with E-state index in [0.29, 0.717) is 19.7 Å². The third kappa shape index (κ3) is 3.67. The number of amides is 1. The van der Waals surface area contributed by atoms with Crippen molar-refractivity contribution in [3.05, 3.63) is 48.3 Å². The summed E-state index contributed by atoms with van der Waals surface area (Å²) in [5.41, 5.74) is 2.45. The van der Waals surface area contributed by atoms with E-state index in [1.807, 2.05) is 57.3 Å². The highest BCUT2D eigenvalue weighted by Crippen LogP contribution is 2.35. The molecule has 24 heavy (non-hydrogen) atoms. The van der Waals surface area contributed by atoms with E-state index in [-0.39, 0.29) is 6.09 Å². The van der Waals surface area contributed by atoms with Gasteiger partial charge in [0.05, 0.1) is 13.1 Å². The highest BCUT2D eigenvalue weighted by Gasteiger charge is 2.26. The van der Waals surface area contributed by atoms with Crippen LogP contribution in [0, 0.1) is 0 Å². The number of benzene rings is 1. The number of carbonyl (C=O) groups excluding carboxylic acids is 1. The molecule has 0 N–H and O–H groups in total. The zero-order valence-corrected chi connectivity index (χ0v) is 14.3. The van der Waals surface area contributed by atoms with E-state index < -0.39 is 5.60 Å². The van der Waals surface area contributed by atoms with E-state index in [9.17, 15) is 4.79 Å². The summed E-state index contributed by atoms with van der Waals surface area (Å²) >= 11 is 0. The van der Waals surface area contributed by atoms with Crippen LogP contribution in [0.5, 0.6) is 5.75 Å². The first-order valence-corrected chi connectivity index (χ1v) is 8.07. The molecule has 5 heteroatoms. The topological polar surface area (TPSA) is 51.7 Å². The Morgan fingerprint density at radius 3 is 2.79 bits per heavy atom. The molecule has 3 rings (SSSR count). The van der Waals surface area contributed by atoms with Gasteiger partial charge in [0.2, 0.25) is 0 Å². The molecule has 0 saturated carbocycles. The van der Waals surface area contributed by atoms with Gasteiger partial charge in [0.25, 0.3) is 0 Å². The maximum Gasteiger partial charge on any atom is 0.410 e. The summed E-state index contributed by atoms with van der Waals surface area (Å²) in [5, 5.41) is 0. The fraction of sp³-hybridized carbons (Fsp3) is 0.368. The van der Waals surface area contributed by atoms with Crippen LogP contribution in [0.25, 0.3) is 11.1 Å². The molecular weight excluding hydrogens is 304 g/mol. The second kappa shape index (κ2) is 6.51. The third-order valence-electron chi connectivity index (χ3n) is 3.69. The molecule has 0 fully saturated rings. The Hall–Kier alpha value is -2.56. The Morgan fingerprint density at radius 1 is 1.25 bits per heavy atom. The van der Waals surface area contributed by atoms with Crippen molar-refractivity contribution in [1.29, 1.82) is 0 Å². The number of rotatable bonds is 1. The molecule has 0 atom stereocenters. The van der Waals surface area contributed by atoms with E-state index in [1.165, 1.54) is 0 Å². The van der Waals surface area contributed by atoms with E-state index >= 15 is 0 Å². The Labute approximate surface area is 142 Å². The SMILES string of the molecule is CC(C)(C)OC(=O)N1CCOc2c(cccc2-c2cccnc2)C1. The van der Waals surface area contributed by atoms with Gasteiger partial charge in [-0.1, -0.05) is 24.3 Å². The van der Waals surface area contributed by atoms with Gasteiger partial charge in [0.15, 0.2) is 0 Å². The van der Waals surface area contributed by atoms with Crippen LogP contribution in [0.1, 0.15) is 26.3 Å². The minimum absolute atomic E-state index is 0.314. The Kier molecular flexibility index (Phi) is 4.42. The van der Waals surface area contributed by atoms with Crippen LogP contribution in [0.4, 0.5) is 4.79 Å². The summed E-state index contributed by atoms with van der Waals surface area (Å²) in [4.78, 5) is 18.2. The lowest BCUT2D eigenvalue weighted by Crippen LogP contribution is -2.37. The van der Waals surface area contributed by atoms with Crippen molar-refractivity contribution >= 4 is 6.09 Å². The lowest BCUT2D eigenvalue weighted by molar-refractivity contribution is 0.0225. The van der Waals surface area contributed by atoms with Crippen LogP contribution in [0.15, 0.2) is 42.7 Å². The summed E-state index contributed by atoms with van der Waals surface area (Å²) < 4.78 is 11.5. The summed E-state index contributed by atoms with van der Waals surface area (Å²) in [6.45, 7) is 7.01. The second-order valence-corrected chi connectivity index (χ2v) is 6.79. The van der Waals surface area contributed by atoms with E-state index in [4.69, 9.17) is 9.47 Å². The van der Waals surface area contributed by atoms with Crippen molar-refractivity contribution < 1.29 is 14.3 Å². The minimum atomic E-state index is -0.509. The fourth-order valence-corrected chi connectivity index (χ4v) is 2.65. The van der Waals surface area contributed by atoms with Gasteiger partial charge in [-0.05, 0) is 26.8 Å². The number of aromatic nitrogens is 1. The van der Waals surface area contributed by atoms with Crippen molar-refractivity contribution in [2.45, 2.75) is 32.9 Å². The monoisotopic (exact) mass is 326 g/mol. The van der Waals surface area contributed by atoms with Gasteiger partial charge in [-0.3, -0.25) is 4.98 Å². The van der Waals surface area contributed by atoms with Crippen LogP contribution in [-0.4, -0.2) is 34.7 Å². The molecule has 0 bridgehead atoms. The largest absolute Gasteiger partial charge is 0.491 e. The second-order valence-electron chi connectivity index (χ2n) is 6.79. The fourth-order valence-electron chi connectivity index (χ4n) is 2.65. The maximum atomic E-state index is 12.4. The molecule has 1 aliphatic heterocycles. The number of ether oxygens (including phenoxy) is 2. The summed E-state index contributed by atoms with van der Waals surface area (Å²) in [6.07, 6.45) is 3.25. The number of nitrogens with zero attached hydrogens (tertiary/aromatic N) is 2. The van der Waals surface area contributed by atoms with Crippen LogP contribution in [0.3, 0.4) is 0 Å². The Balaban J connectivity index is 1.89. The van der Waals surface area contributed by atoms with E-state index in [1.54, 1.807) is 11.1 Å². The summed E-state index contributed by atoms with van der Waals surface area (Å²) in [7, 11) is 0. The average molecular weight is 326 g/mol. The molecular formula is C19H22N2O3. The van der Waals surface area contributed by atoms with Crippen molar-refractivity contribution in [1.82, 2.24) is 9.88 Å². The van der Waals surface area contributed by atoms with Gasteiger partial charge >= 0.3 is 6.09 Å².